The third kappa shape index (κ3) is 7.24. The van der Waals surface area contributed by atoms with Crippen LogP contribution in [-0.2, 0) is 38.1 Å². The zero-order valence-corrected chi connectivity index (χ0v) is 28.9. The standard InChI is InChI=1S/C36H50O9S/c1-7-10-12-13-14-16-17-22-19-25-30(46-9-3)28(23(22)20-27-26(18-15-11-8-2)44-35(4,5)45-27)29-24(31(37)43-32(29)38)21-36(25,33(39)40)34(41)42-6/h7-8,10-11,19,22-23,26-28,30H,9,12-18,20-21H2,1-6H3,(H,39,40)/b10-7+,11-8+/t22-,23+,26-,27-,28+,30+,36+/m0/s1. The molecule has 2 heterocycles. The third-order valence-corrected chi connectivity index (χ3v) is 11.1. The molecule has 0 aromatic rings. The number of rotatable bonds is 15. The van der Waals surface area contributed by atoms with Crippen LogP contribution in [-0.4, -0.2) is 65.1 Å². The van der Waals surface area contributed by atoms with Gasteiger partial charge in [-0.25, -0.2) is 9.59 Å². The average Bonchev–Trinajstić information content (AvgIpc) is 3.42. The third-order valence-electron chi connectivity index (χ3n) is 9.81. The Bertz CT molecular complexity index is 1290. The Labute approximate surface area is 277 Å². The van der Waals surface area contributed by atoms with Gasteiger partial charge in [0.15, 0.2) is 11.2 Å². The fraction of sp³-hybridized carbons (Fsp3) is 0.667. The van der Waals surface area contributed by atoms with Crippen LogP contribution in [0.4, 0.5) is 0 Å². The van der Waals surface area contributed by atoms with Crippen LogP contribution in [0, 0.1) is 23.2 Å². The predicted octanol–water partition coefficient (Wildman–Crippen LogP) is 6.72. The minimum Gasteiger partial charge on any atom is -0.480 e. The first-order valence-electron chi connectivity index (χ1n) is 16.7. The molecule has 7 atom stereocenters. The van der Waals surface area contributed by atoms with Gasteiger partial charge in [-0.15, -0.1) is 0 Å². The lowest BCUT2D eigenvalue weighted by Gasteiger charge is -2.45. The molecule has 2 aliphatic heterocycles. The molecule has 9 nitrogen and oxygen atoms in total. The molecule has 0 aromatic carbocycles. The molecule has 1 fully saturated rings. The van der Waals surface area contributed by atoms with E-state index in [1.54, 1.807) is 0 Å². The number of aliphatic carboxylic acids is 1. The highest BCUT2D eigenvalue weighted by Crippen LogP contribution is 2.58. The molecule has 46 heavy (non-hydrogen) atoms. The van der Waals surface area contributed by atoms with E-state index >= 15 is 0 Å². The highest BCUT2D eigenvalue weighted by atomic mass is 32.2. The molecule has 0 radical (unpaired) electrons. The van der Waals surface area contributed by atoms with Crippen LogP contribution in [0.25, 0.3) is 0 Å². The monoisotopic (exact) mass is 658 g/mol. The van der Waals surface area contributed by atoms with Gasteiger partial charge >= 0.3 is 23.9 Å². The van der Waals surface area contributed by atoms with Crippen LogP contribution in [0.5, 0.6) is 0 Å². The molecule has 2 aliphatic carbocycles. The fourth-order valence-corrected chi connectivity index (χ4v) is 9.23. The molecule has 0 unspecified atom stereocenters. The number of fused-ring (bicyclic) bond motifs is 3. The average molecular weight is 659 g/mol. The number of hydrogen-bond donors (Lipinski definition) is 1. The first-order chi connectivity index (χ1) is 21.9. The van der Waals surface area contributed by atoms with Crippen molar-refractivity contribution in [3.63, 3.8) is 0 Å². The van der Waals surface area contributed by atoms with Gasteiger partial charge < -0.3 is 24.1 Å². The molecule has 0 spiro atoms. The quantitative estimate of drug-likeness (QED) is 0.0878. The van der Waals surface area contributed by atoms with Crippen LogP contribution in [0.15, 0.2) is 47.1 Å². The SMILES string of the molecule is C/C=C/CCCCC[C@H]1C=C2[C@@H](SCC)[C@@H](C3=C(C[C@@]2(C(=O)O)C(=O)OC)C(=O)OC3=O)[C@@H]1C[C@@H]1OC(C)(C)O[C@H]1CC/C=C/C. The highest BCUT2D eigenvalue weighted by Gasteiger charge is 2.63. The van der Waals surface area contributed by atoms with Crippen LogP contribution < -0.4 is 0 Å². The Kier molecular flexibility index (Phi) is 12.2. The highest BCUT2D eigenvalue weighted by molar-refractivity contribution is 8.00. The lowest BCUT2D eigenvalue weighted by atomic mass is 9.63. The van der Waals surface area contributed by atoms with Crippen molar-refractivity contribution in [3.8, 4) is 0 Å². The number of carbonyl (C=O) groups excluding carboxylic acids is 3. The molecule has 4 rings (SSSR count). The summed E-state index contributed by atoms with van der Waals surface area (Å²) in [6.07, 6.45) is 16.1. The van der Waals surface area contributed by atoms with Crippen LogP contribution in [0.1, 0.15) is 92.4 Å². The maximum absolute atomic E-state index is 13.6. The van der Waals surface area contributed by atoms with E-state index in [4.69, 9.17) is 18.9 Å². The molecule has 1 saturated heterocycles. The number of allylic oxidation sites excluding steroid dienone is 5. The second kappa shape index (κ2) is 15.5. The first kappa shape index (κ1) is 36.2. The summed E-state index contributed by atoms with van der Waals surface area (Å²) in [6.45, 7) is 9.77. The van der Waals surface area contributed by atoms with E-state index in [9.17, 15) is 24.3 Å². The van der Waals surface area contributed by atoms with Gasteiger partial charge in [-0.05, 0) is 89.4 Å². The van der Waals surface area contributed by atoms with Crippen molar-refractivity contribution in [2.24, 2.45) is 23.2 Å². The van der Waals surface area contributed by atoms with Crippen molar-refractivity contribution in [2.45, 2.75) is 116 Å². The van der Waals surface area contributed by atoms with E-state index < -0.39 is 52.7 Å². The van der Waals surface area contributed by atoms with E-state index in [1.165, 1.54) is 11.8 Å². The van der Waals surface area contributed by atoms with Gasteiger partial charge in [-0.2, -0.15) is 11.8 Å². The lowest BCUT2D eigenvalue weighted by Crippen LogP contribution is -2.49. The summed E-state index contributed by atoms with van der Waals surface area (Å²) in [7, 11) is 1.16. The van der Waals surface area contributed by atoms with Gasteiger partial charge in [0.25, 0.3) is 0 Å². The number of cyclic esters (lactones) is 2. The van der Waals surface area contributed by atoms with Crippen molar-refractivity contribution < 1.29 is 43.2 Å². The summed E-state index contributed by atoms with van der Waals surface area (Å²) in [4.78, 5) is 53.7. The van der Waals surface area contributed by atoms with Gasteiger partial charge in [0.1, 0.15) is 0 Å². The van der Waals surface area contributed by atoms with Crippen molar-refractivity contribution in [3.05, 3.63) is 47.1 Å². The van der Waals surface area contributed by atoms with Crippen molar-refractivity contribution in [1.29, 1.82) is 0 Å². The number of ether oxygens (including phenoxy) is 4. The molecule has 0 saturated carbocycles. The minimum atomic E-state index is -2.15. The van der Waals surface area contributed by atoms with Crippen molar-refractivity contribution in [1.82, 2.24) is 0 Å². The van der Waals surface area contributed by atoms with E-state index in [2.05, 4.69) is 12.2 Å². The normalized spacial score (nSPS) is 32.1. The topological polar surface area (TPSA) is 125 Å². The summed E-state index contributed by atoms with van der Waals surface area (Å²) in [6, 6.07) is 0. The molecular weight excluding hydrogens is 608 g/mol. The smallest absolute Gasteiger partial charge is 0.342 e. The van der Waals surface area contributed by atoms with Crippen LogP contribution in [0.2, 0.25) is 0 Å². The number of methoxy groups -OCH3 is 1. The Hall–Kier alpha value is -2.69. The van der Waals surface area contributed by atoms with E-state index in [0.717, 1.165) is 52.1 Å². The summed E-state index contributed by atoms with van der Waals surface area (Å²) in [5.74, 6) is -5.09. The number of hydrogen-bond acceptors (Lipinski definition) is 9. The van der Waals surface area contributed by atoms with Gasteiger partial charge in [0.2, 0.25) is 0 Å². The molecule has 254 valence electrons. The fourth-order valence-electron chi connectivity index (χ4n) is 7.87. The van der Waals surface area contributed by atoms with Gasteiger partial charge in [0, 0.05) is 17.6 Å². The zero-order valence-electron chi connectivity index (χ0n) is 28.0. The van der Waals surface area contributed by atoms with E-state index in [0.29, 0.717) is 17.7 Å². The Balaban J connectivity index is 1.88. The van der Waals surface area contributed by atoms with Crippen LogP contribution >= 0.6 is 11.8 Å². The summed E-state index contributed by atoms with van der Waals surface area (Å²) >= 11 is 1.49. The Morgan fingerprint density at radius 1 is 1.02 bits per heavy atom. The Morgan fingerprint density at radius 3 is 2.37 bits per heavy atom. The minimum absolute atomic E-state index is 0.0292. The van der Waals surface area contributed by atoms with E-state index in [1.807, 2.05) is 52.8 Å². The van der Waals surface area contributed by atoms with Crippen LogP contribution in [0.3, 0.4) is 0 Å². The maximum Gasteiger partial charge on any atom is 0.342 e. The number of esters is 3. The van der Waals surface area contributed by atoms with E-state index in [-0.39, 0.29) is 35.2 Å². The van der Waals surface area contributed by atoms with Crippen molar-refractivity contribution in [2.75, 3.05) is 12.9 Å². The summed E-state index contributed by atoms with van der Waals surface area (Å²) < 4.78 is 23.2. The van der Waals surface area contributed by atoms with Gasteiger partial charge in [-0.3, -0.25) is 9.59 Å². The maximum atomic E-state index is 13.6. The summed E-state index contributed by atoms with van der Waals surface area (Å²) in [5.41, 5.74) is -1.55. The largest absolute Gasteiger partial charge is 0.480 e. The number of thioether (sulfide) groups is 1. The second-order valence-corrected chi connectivity index (χ2v) is 14.5. The second-order valence-electron chi connectivity index (χ2n) is 13.1. The van der Waals surface area contributed by atoms with Gasteiger partial charge in [0.05, 0.1) is 30.5 Å². The molecule has 10 heteroatoms. The number of carbonyl (C=O) groups is 4. The lowest BCUT2D eigenvalue weighted by molar-refractivity contribution is -0.164. The molecule has 4 aliphatic rings. The van der Waals surface area contributed by atoms with Crippen molar-refractivity contribution >= 4 is 35.6 Å². The predicted molar refractivity (Wildman–Crippen MR) is 176 cm³/mol. The Morgan fingerprint density at radius 2 is 1.72 bits per heavy atom. The number of carboxylic acid groups (broad SMARTS) is 1. The molecule has 0 aromatic heterocycles. The molecule has 2 bridgehead atoms. The molecular formula is C36H50O9S. The molecule has 1 N–H and O–H groups in total. The zero-order chi connectivity index (χ0) is 33.6. The van der Waals surface area contributed by atoms with Gasteiger partial charge in [-0.1, -0.05) is 50.1 Å². The molecule has 0 amide bonds. The number of unbranched alkanes of at least 4 members (excludes halogenated alkanes) is 3. The number of carboxylic acids is 1. The first-order valence-corrected chi connectivity index (χ1v) is 17.7. The summed E-state index contributed by atoms with van der Waals surface area (Å²) in [5, 5.41) is 10.2.